The maximum Gasteiger partial charge on any atom is 0.119 e. The van der Waals surface area contributed by atoms with E-state index in [4.69, 9.17) is 10.5 Å². The third-order valence-electron chi connectivity index (χ3n) is 3.98. The molecule has 2 aromatic carbocycles. The van der Waals surface area contributed by atoms with Gasteiger partial charge in [0, 0.05) is 25.7 Å². The molecule has 0 bridgehead atoms. The third kappa shape index (κ3) is 3.26. The molecule has 3 nitrogen and oxygen atoms in total. The maximum atomic E-state index is 6.35. The second-order valence-electron chi connectivity index (χ2n) is 5.55. The summed E-state index contributed by atoms with van der Waals surface area (Å²) in [6, 6.07) is 16.8. The van der Waals surface area contributed by atoms with Crippen molar-refractivity contribution in [2.45, 2.75) is 26.1 Å². The van der Waals surface area contributed by atoms with Crippen LogP contribution < -0.4 is 10.5 Å². The van der Waals surface area contributed by atoms with Crippen LogP contribution in [0.5, 0.6) is 5.75 Å². The Morgan fingerprint density at radius 1 is 1.05 bits per heavy atom. The highest BCUT2D eigenvalue weighted by Crippen LogP contribution is 2.24. The topological polar surface area (TPSA) is 38.5 Å². The van der Waals surface area contributed by atoms with E-state index in [-0.39, 0.29) is 6.04 Å². The van der Waals surface area contributed by atoms with Crippen LogP contribution in [0, 0.1) is 0 Å². The second-order valence-corrected chi connectivity index (χ2v) is 5.55. The Morgan fingerprint density at radius 3 is 2.24 bits per heavy atom. The first-order chi connectivity index (χ1) is 10.3. The zero-order valence-corrected chi connectivity index (χ0v) is 12.5. The van der Waals surface area contributed by atoms with E-state index in [0.717, 1.165) is 30.9 Å². The summed E-state index contributed by atoms with van der Waals surface area (Å²) in [5, 5.41) is 0. The number of ether oxygens (including phenoxy) is 1. The van der Waals surface area contributed by atoms with E-state index in [1.165, 1.54) is 11.1 Å². The van der Waals surface area contributed by atoms with Crippen molar-refractivity contribution in [3.8, 4) is 5.75 Å². The molecule has 1 atom stereocenters. The number of hydrogen-bond donors (Lipinski definition) is 1. The molecule has 0 saturated carbocycles. The fraction of sp³-hybridized carbons (Fsp3) is 0.333. The summed E-state index contributed by atoms with van der Waals surface area (Å²) in [5.74, 6) is 0.905. The molecule has 1 heterocycles. The highest BCUT2D eigenvalue weighted by atomic mass is 16.5. The zero-order chi connectivity index (χ0) is 14.7. The quantitative estimate of drug-likeness (QED) is 0.916. The molecule has 1 aliphatic rings. The van der Waals surface area contributed by atoms with E-state index in [1.807, 2.05) is 19.1 Å². The molecule has 3 heteroatoms. The Labute approximate surface area is 126 Å². The van der Waals surface area contributed by atoms with Crippen molar-refractivity contribution in [1.29, 1.82) is 0 Å². The molecule has 110 valence electrons. The van der Waals surface area contributed by atoms with E-state index in [9.17, 15) is 0 Å². The summed E-state index contributed by atoms with van der Waals surface area (Å²) in [6.45, 7) is 5.56. The van der Waals surface area contributed by atoms with Crippen LogP contribution in [0.2, 0.25) is 0 Å². The summed E-state index contributed by atoms with van der Waals surface area (Å²) in [4.78, 5) is 2.41. The molecule has 3 rings (SSSR count). The molecule has 0 radical (unpaired) electrons. The van der Waals surface area contributed by atoms with Gasteiger partial charge in [-0.3, -0.25) is 4.90 Å². The molecular formula is C18H22N2O. The highest BCUT2D eigenvalue weighted by Gasteiger charge is 2.20. The molecule has 21 heavy (non-hydrogen) atoms. The number of benzene rings is 2. The molecule has 0 aromatic heterocycles. The van der Waals surface area contributed by atoms with Gasteiger partial charge in [-0.1, -0.05) is 36.4 Å². The Morgan fingerprint density at radius 2 is 1.67 bits per heavy atom. The van der Waals surface area contributed by atoms with E-state index in [2.05, 4.69) is 41.3 Å². The molecule has 2 aromatic rings. The van der Waals surface area contributed by atoms with Crippen LogP contribution >= 0.6 is 0 Å². The molecule has 2 N–H and O–H groups in total. The number of nitrogens with two attached hydrogens (primary N) is 1. The van der Waals surface area contributed by atoms with Crippen molar-refractivity contribution in [2.75, 3.05) is 13.2 Å². The van der Waals surface area contributed by atoms with Gasteiger partial charge in [0.2, 0.25) is 0 Å². The van der Waals surface area contributed by atoms with Gasteiger partial charge < -0.3 is 10.5 Å². The predicted molar refractivity (Wildman–Crippen MR) is 85.1 cm³/mol. The van der Waals surface area contributed by atoms with Gasteiger partial charge in [-0.25, -0.2) is 0 Å². The number of fused-ring (bicyclic) bond motifs is 1. The zero-order valence-electron chi connectivity index (χ0n) is 12.5. The minimum Gasteiger partial charge on any atom is -0.494 e. The van der Waals surface area contributed by atoms with Crippen molar-refractivity contribution < 1.29 is 4.74 Å². The van der Waals surface area contributed by atoms with E-state index < -0.39 is 0 Å². The second kappa shape index (κ2) is 6.29. The fourth-order valence-corrected chi connectivity index (χ4v) is 2.89. The van der Waals surface area contributed by atoms with Crippen LogP contribution in [0.25, 0.3) is 0 Å². The largest absolute Gasteiger partial charge is 0.494 e. The monoisotopic (exact) mass is 282 g/mol. The van der Waals surface area contributed by atoms with Crippen LogP contribution in [-0.2, 0) is 13.1 Å². The van der Waals surface area contributed by atoms with Gasteiger partial charge in [-0.15, -0.1) is 0 Å². The molecule has 0 saturated heterocycles. The van der Waals surface area contributed by atoms with Crippen molar-refractivity contribution in [2.24, 2.45) is 5.73 Å². The summed E-state index contributed by atoms with van der Waals surface area (Å²) in [5.41, 5.74) is 10.4. The van der Waals surface area contributed by atoms with E-state index in [0.29, 0.717) is 6.61 Å². The normalized spacial score (nSPS) is 15.7. The van der Waals surface area contributed by atoms with Gasteiger partial charge in [0.1, 0.15) is 5.75 Å². The predicted octanol–water partition coefficient (Wildman–Crippen LogP) is 3.10. The van der Waals surface area contributed by atoms with Gasteiger partial charge >= 0.3 is 0 Å². The van der Waals surface area contributed by atoms with Gasteiger partial charge in [-0.2, -0.15) is 0 Å². The number of rotatable bonds is 5. The Bertz CT molecular complexity index is 569. The lowest BCUT2D eigenvalue weighted by molar-refractivity contribution is 0.266. The molecule has 0 aliphatic carbocycles. The Kier molecular flexibility index (Phi) is 4.23. The smallest absolute Gasteiger partial charge is 0.119 e. The van der Waals surface area contributed by atoms with Gasteiger partial charge in [0.05, 0.1) is 6.61 Å². The maximum absolute atomic E-state index is 6.35. The lowest BCUT2D eigenvalue weighted by atomic mass is 10.1. The van der Waals surface area contributed by atoms with Crippen molar-refractivity contribution >= 4 is 0 Å². The van der Waals surface area contributed by atoms with Crippen LogP contribution in [0.1, 0.15) is 29.7 Å². The van der Waals surface area contributed by atoms with Gasteiger partial charge in [-0.05, 0) is 35.7 Å². The summed E-state index contributed by atoms with van der Waals surface area (Å²) < 4.78 is 5.47. The van der Waals surface area contributed by atoms with Crippen molar-refractivity contribution in [3.63, 3.8) is 0 Å². The summed E-state index contributed by atoms with van der Waals surface area (Å²) in [6.07, 6.45) is 0. The Hall–Kier alpha value is -1.84. The molecule has 0 fully saturated rings. The van der Waals surface area contributed by atoms with Crippen molar-refractivity contribution in [3.05, 3.63) is 65.2 Å². The van der Waals surface area contributed by atoms with Crippen molar-refractivity contribution in [1.82, 2.24) is 4.90 Å². The average Bonchev–Trinajstić information content (AvgIpc) is 2.90. The first kappa shape index (κ1) is 14.1. The highest BCUT2D eigenvalue weighted by molar-refractivity contribution is 5.31. The Balaban J connectivity index is 1.61. The lowest BCUT2D eigenvalue weighted by Crippen LogP contribution is -2.28. The first-order valence-electron chi connectivity index (χ1n) is 7.53. The number of hydrogen-bond acceptors (Lipinski definition) is 3. The molecule has 0 spiro atoms. The SMILES string of the molecule is CCOc1ccc(C(N)CN2Cc3ccccc3C2)cc1. The van der Waals surface area contributed by atoms with Crippen LogP contribution in [0.4, 0.5) is 0 Å². The van der Waals surface area contributed by atoms with Crippen LogP contribution in [0.3, 0.4) is 0 Å². The molecule has 1 aliphatic heterocycles. The van der Waals surface area contributed by atoms with Gasteiger partial charge in [0.25, 0.3) is 0 Å². The fourth-order valence-electron chi connectivity index (χ4n) is 2.89. The summed E-state index contributed by atoms with van der Waals surface area (Å²) in [7, 11) is 0. The third-order valence-corrected chi connectivity index (χ3v) is 3.98. The minimum absolute atomic E-state index is 0.0370. The first-order valence-corrected chi connectivity index (χ1v) is 7.53. The molecular weight excluding hydrogens is 260 g/mol. The van der Waals surface area contributed by atoms with Crippen LogP contribution in [-0.4, -0.2) is 18.1 Å². The minimum atomic E-state index is 0.0370. The average molecular weight is 282 g/mol. The van der Waals surface area contributed by atoms with Crippen LogP contribution in [0.15, 0.2) is 48.5 Å². The summed E-state index contributed by atoms with van der Waals surface area (Å²) >= 11 is 0. The van der Waals surface area contributed by atoms with Gasteiger partial charge in [0.15, 0.2) is 0 Å². The van der Waals surface area contributed by atoms with E-state index >= 15 is 0 Å². The molecule has 0 amide bonds. The lowest BCUT2D eigenvalue weighted by Gasteiger charge is -2.20. The standard InChI is InChI=1S/C18H22N2O/c1-2-21-17-9-7-14(8-10-17)18(19)13-20-11-15-5-3-4-6-16(15)12-20/h3-10,18H,2,11-13,19H2,1H3. The number of nitrogens with zero attached hydrogens (tertiary/aromatic N) is 1. The molecule has 1 unspecified atom stereocenters. The van der Waals surface area contributed by atoms with E-state index in [1.54, 1.807) is 0 Å².